The number of hydrogen-bond acceptors (Lipinski definition) is 4. The molecule has 0 N–H and O–H groups in total. The second-order valence-electron chi connectivity index (χ2n) is 2.43. The van der Waals surface area contributed by atoms with Gasteiger partial charge in [-0.25, -0.2) is 4.79 Å². The quantitative estimate of drug-likeness (QED) is 0.714. The molecule has 1 aromatic carbocycles. The molecule has 0 aliphatic rings. The Morgan fingerprint density at radius 3 is 2.71 bits per heavy atom. The lowest BCUT2D eigenvalue weighted by molar-refractivity contribution is 0.332. The summed E-state index contributed by atoms with van der Waals surface area (Å²) in [5.41, 5.74) is 0. The van der Waals surface area contributed by atoms with Crippen molar-refractivity contribution in [2.75, 3.05) is 13.7 Å². The molecule has 0 aliphatic heterocycles. The second kappa shape index (κ2) is 5.11. The number of rotatable bonds is 5. The van der Waals surface area contributed by atoms with E-state index in [1.165, 1.54) is 13.6 Å². The average molecular weight is 195 g/mol. The van der Waals surface area contributed by atoms with Gasteiger partial charge in [-0.15, -0.1) is 0 Å². The third kappa shape index (κ3) is 2.39. The van der Waals surface area contributed by atoms with Crippen LogP contribution in [0, 0.1) is 0 Å². The molecule has 0 atom stereocenters. The first-order chi connectivity index (χ1) is 6.81. The third-order valence-corrected chi connectivity index (χ3v) is 1.60. The van der Waals surface area contributed by atoms with Gasteiger partial charge >= 0.3 is 6.47 Å². The van der Waals surface area contributed by atoms with E-state index in [0.29, 0.717) is 23.9 Å². The third-order valence-electron chi connectivity index (χ3n) is 1.60. The highest BCUT2D eigenvalue weighted by molar-refractivity contribution is 5.53. The smallest absolute Gasteiger partial charge is 0.423 e. The van der Waals surface area contributed by atoms with E-state index in [1.54, 1.807) is 18.2 Å². The summed E-state index contributed by atoms with van der Waals surface area (Å²) in [7, 11) is 1.49. The molecule has 4 nitrogen and oxygen atoms in total. The summed E-state index contributed by atoms with van der Waals surface area (Å²) in [5.74, 6) is 1.44. The molecule has 0 heterocycles. The Labute approximate surface area is 82.4 Å². The number of ether oxygens (including phenoxy) is 3. The SMILES string of the molecule is CCOc1ccc(O[C]=O)c(OC)c1. The summed E-state index contributed by atoms with van der Waals surface area (Å²) in [6, 6.07) is 4.93. The molecule has 0 spiro atoms. The van der Waals surface area contributed by atoms with Crippen molar-refractivity contribution < 1.29 is 19.0 Å². The molecule has 14 heavy (non-hydrogen) atoms. The number of benzene rings is 1. The fourth-order valence-corrected chi connectivity index (χ4v) is 1.03. The van der Waals surface area contributed by atoms with E-state index in [0.717, 1.165) is 0 Å². The molecular weight excluding hydrogens is 184 g/mol. The van der Waals surface area contributed by atoms with Gasteiger partial charge in [0.1, 0.15) is 5.75 Å². The van der Waals surface area contributed by atoms with Crippen LogP contribution < -0.4 is 14.2 Å². The van der Waals surface area contributed by atoms with Gasteiger partial charge in [0.15, 0.2) is 11.5 Å². The largest absolute Gasteiger partial charge is 0.494 e. The van der Waals surface area contributed by atoms with Crippen LogP contribution in [-0.4, -0.2) is 20.2 Å². The van der Waals surface area contributed by atoms with Crippen molar-refractivity contribution in [3.05, 3.63) is 18.2 Å². The lowest BCUT2D eigenvalue weighted by Gasteiger charge is -2.08. The average Bonchev–Trinajstić information content (AvgIpc) is 2.21. The molecule has 0 bridgehead atoms. The Morgan fingerprint density at radius 1 is 1.36 bits per heavy atom. The van der Waals surface area contributed by atoms with Gasteiger partial charge in [-0.3, -0.25) is 0 Å². The van der Waals surface area contributed by atoms with Crippen LogP contribution in [0.1, 0.15) is 6.92 Å². The van der Waals surface area contributed by atoms with Crippen LogP contribution in [0.5, 0.6) is 17.2 Å². The molecule has 1 rings (SSSR count). The molecule has 0 unspecified atom stereocenters. The van der Waals surface area contributed by atoms with Crippen LogP contribution in [0.3, 0.4) is 0 Å². The molecule has 4 heteroatoms. The first kappa shape index (κ1) is 10.4. The Hall–Kier alpha value is -1.71. The van der Waals surface area contributed by atoms with E-state index in [9.17, 15) is 4.79 Å². The molecule has 0 aromatic heterocycles. The predicted octanol–water partition coefficient (Wildman–Crippen LogP) is 1.54. The Balaban J connectivity index is 2.92. The number of hydrogen-bond donors (Lipinski definition) is 0. The first-order valence-corrected chi connectivity index (χ1v) is 4.16. The van der Waals surface area contributed by atoms with E-state index in [1.807, 2.05) is 6.92 Å². The maximum atomic E-state index is 10.0. The van der Waals surface area contributed by atoms with Gasteiger partial charge in [0, 0.05) is 6.07 Å². The zero-order chi connectivity index (χ0) is 10.4. The predicted molar refractivity (Wildman–Crippen MR) is 50.5 cm³/mol. The number of methoxy groups -OCH3 is 1. The topological polar surface area (TPSA) is 44.8 Å². The molecule has 0 fully saturated rings. The minimum absolute atomic E-state index is 0.325. The van der Waals surface area contributed by atoms with Crippen molar-refractivity contribution in [2.24, 2.45) is 0 Å². The first-order valence-electron chi connectivity index (χ1n) is 4.16. The molecule has 0 aliphatic carbocycles. The Morgan fingerprint density at radius 2 is 2.14 bits per heavy atom. The standard InChI is InChI=1S/C10H11O4/c1-3-13-8-4-5-9(14-7-11)10(6-8)12-2/h4-6H,3H2,1-2H3. The van der Waals surface area contributed by atoms with Crippen molar-refractivity contribution in [2.45, 2.75) is 6.92 Å². The van der Waals surface area contributed by atoms with Gasteiger partial charge in [-0.1, -0.05) is 0 Å². The molecule has 0 amide bonds. The van der Waals surface area contributed by atoms with Crippen molar-refractivity contribution in [3.8, 4) is 17.2 Å². The lowest BCUT2D eigenvalue weighted by atomic mass is 10.3. The molecule has 0 saturated heterocycles. The highest BCUT2D eigenvalue weighted by Crippen LogP contribution is 2.30. The van der Waals surface area contributed by atoms with E-state index >= 15 is 0 Å². The second-order valence-corrected chi connectivity index (χ2v) is 2.43. The van der Waals surface area contributed by atoms with E-state index in [2.05, 4.69) is 4.74 Å². The van der Waals surface area contributed by atoms with Crippen LogP contribution >= 0.6 is 0 Å². The monoisotopic (exact) mass is 195 g/mol. The highest BCUT2D eigenvalue weighted by atomic mass is 16.5. The van der Waals surface area contributed by atoms with Crippen molar-refractivity contribution in [1.82, 2.24) is 0 Å². The van der Waals surface area contributed by atoms with Gasteiger partial charge in [0.05, 0.1) is 13.7 Å². The van der Waals surface area contributed by atoms with Crippen LogP contribution in [-0.2, 0) is 4.79 Å². The summed E-state index contributed by atoms with van der Waals surface area (Å²) in [6.45, 7) is 3.80. The highest BCUT2D eigenvalue weighted by Gasteiger charge is 2.05. The van der Waals surface area contributed by atoms with E-state index in [4.69, 9.17) is 9.47 Å². The molecular formula is C10H11O4. The maximum absolute atomic E-state index is 10.0. The lowest BCUT2D eigenvalue weighted by Crippen LogP contribution is -1.96. The molecule has 75 valence electrons. The Bertz CT molecular complexity index is 309. The number of carbonyl (C=O) groups excluding carboxylic acids is 1. The normalized spacial score (nSPS) is 9.29. The maximum Gasteiger partial charge on any atom is 0.423 e. The minimum Gasteiger partial charge on any atom is -0.494 e. The zero-order valence-electron chi connectivity index (χ0n) is 8.07. The van der Waals surface area contributed by atoms with Crippen LogP contribution in [0.2, 0.25) is 0 Å². The summed E-state index contributed by atoms with van der Waals surface area (Å²) in [6.07, 6.45) is 0. The Kier molecular flexibility index (Phi) is 3.79. The minimum atomic E-state index is 0.325. The van der Waals surface area contributed by atoms with Gasteiger partial charge in [-0.05, 0) is 19.1 Å². The molecule has 1 radical (unpaired) electrons. The summed E-state index contributed by atoms with van der Waals surface area (Å²) >= 11 is 0. The summed E-state index contributed by atoms with van der Waals surface area (Å²) < 4.78 is 14.8. The van der Waals surface area contributed by atoms with Gasteiger partial charge in [-0.2, -0.15) is 0 Å². The van der Waals surface area contributed by atoms with Crippen molar-refractivity contribution in [1.29, 1.82) is 0 Å². The van der Waals surface area contributed by atoms with Gasteiger partial charge in [0.25, 0.3) is 0 Å². The summed E-state index contributed by atoms with van der Waals surface area (Å²) in [5, 5.41) is 0. The fraction of sp³-hybridized carbons (Fsp3) is 0.300. The van der Waals surface area contributed by atoms with Crippen molar-refractivity contribution in [3.63, 3.8) is 0 Å². The fourth-order valence-electron chi connectivity index (χ4n) is 1.03. The van der Waals surface area contributed by atoms with Crippen LogP contribution in [0.25, 0.3) is 0 Å². The molecule has 1 aromatic rings. The van der Waals surface area contributed by atoms with E-state index < -0.39 is 0 Å². The summed E-state index contributed by atoms with van der Waals surface area (Å²) in [4.78, 5) is 10.0. The van der Waals surface area contributed by atoms with E-state index in [-0.39, 0.29) is 0 Å². The van der Waals surface area contributed by atoms with Crippen LogP contribution in [0.15, 0.2) is 18.2 Å². The molecule has 0 saturated carbocycles. The zero-order valence-corrected chi connectivity index (χ0v) is 8.07. The van der Waals surface area contributed by atoms with Crippen LogP contribution in [0.4, 0.5) is 0 Å². The van der Waals surface area contributed by atoms with Gasteiger partial charge < -0.3 is 14.2 Å². The van der Waals surface area contributed by atoms with Crippen molar-refractivity contribution >= 4 is 6.47 Å². The van der Waals surface area contributed by atoms with Gasteiger partial charge in [0.2, 0.25) is 0 Å².